The van der Waals surface area contributed by atoms with Crippen LogP contribution in [0.2, 0.25) is 5.02 Å². The van der Waals surface area contributed by atoms with Gasteiger partial charge in [-0.25, -0.2) is 9.67 Å². The molecular weight excluding hydrogens is 495 g/mol. The summed E-state index contributed by atoms with van der Waals surface area (Å²) in [5.74, 6) is 0.588. The molecule has 0 aliphatic rings. The highest BCUT2D eigenvalue weighted by atomic mass is 35.5. The Hall–Kier alpha value is -3.07. The van der Waals surface area contributed by atoms with Gasteiger partial charge in [0.2, 0.25) is 0 Å². The normalized spacial score (nSPS) is 11.7. The van der Waals surface area contributed by atoms with Gasteiger partial charge in [0.05, 0.1) is 36.4 Å². The number of para-hydroxylation sites is 1. The van der Waals surface area contributed by atoms with E-state index in [4.69, 9.17) is 21.1 Å². The number of alkyl halides is 3. The van der Waals surface area contributed by atoms with Crippen molar-refractivity contribution in [1.29, 1.82) is 0 Å². The Morgan fingerprint density at radius 3 is 2.53 bits per heavy atom. The van der Waals surface area contributed by atoms with Crippen molar-refractivity contribution in [2.75, 3.05) is 13.7 Å². The second-order valence-electron chi connectivity index (χ2n) is 8.63. The standard InChI is InChI=1S/C26H29ClF3N3O3/c1-5-17-8-6-9-18(12-22(34)35-4)24(17)36-11-7-10-19-15-33(32-23(19)16(2)3)25-21(27)13-20(14-31-25)26(28,29)30/h6,8-9,13-16H,5,7,10-12H2,1-4H3. The molecular formula is C26H29ClF3N3O3. The maximum atomic E-state index is 13.0. The number of hydrogen-bond donors (Lipinski definition) is 0. The summed E-state index contributed by atoms with van der Waals surface area (Å²) in [6, 6.07) is 6.57. The van der Waals surface area contributed by atoms with Crippen molar-refractivity contribution in [3.05, 3.63) is 69.6 Å². The second kappa shape index (κ2) is 11.8. The summed E-state index contributed by atoms with van der Waals surface area (Å²) in [4.78, 5) is 15.7. The van der Waals surface area contributed by atoms with Crippen LogP contribution in [0.25, 0.3) is 5.82 Å². The van der Waals surface area contributed by atoms with E-state index >= 15 is 0 Å². The molecule has 36 heavy (non-hydrogen) atoms. The van der Waals surface area contributed by atoms with E-state index in [9.17, 15) is 18.0 Å². The molecule has 2 aromatic heterocycles. The van der Waals surface area contributed by atoms with Gasteiger partial charge in [0, 0.05) is 18.0 Å². The third kappa shape index (κ3) is 6.57. The number of benzene rings is 1. The lowest BCUT2D eigenvalue weighted by Gasteiger charge is -2.15. The van der Waals surface area contributed by atoms with Crippen molar-refractivity contribution in [3.63, 3.8) is 0 Å². The van der Waals surface area contributed by atoms with Crippen molar-refractivity contribution in [2.45, 2.75) is 58.5 Å². The van der Waals surface area contributed by atoms with Crippen LogP contribution in [0.1, 0.15) is 61.1 Å². The van der Waals surface area contributed by atoms with Gasteiger partial charge in [-0.1, -0.05) is 50.6 Å². The molecule has 1 aromatic carbocycles. The molecule has 3 rings (SSSR count). The fourth-order valence-corrected chi connectivity index (χ4v) is 4.12. The largest absolute Gasteiger partial charge is 0.493 e. The van der Waals surface area contributed by atoms with E-state index in [1.54, 1.807) is 6.20 Å². The molecule has 0 radical (unpaired) electrons. The first-order valence-corrected chi connectivity index (χ1v) is 12.0. The van der Waals surface area contributed by atoms with Crippen molar-refractivity contribution >= 4 is 17.6 Å². The third-order valence-electron chi connectivity index (χ3n) is 5.69. The van der Waals surface area contributed by atoms with Gasteiger partial charge < -0.3 is 9.47 Å². The lowest BCUT2D eigenvalue weighted by Crippen LogP contribution is -2.09. The Labute approximate surface area is 213 Å². The van der Waals surface area contributed by atoms with Crippen molar-refractivity contribution in [3.8, 4) is 11.6 Å². The molecule has 0 amide bonds. The number of esters is 1. The SMILES string of the molecule is CCc1cccc(CC(=O)OC)c1OCCCc1cn(-c2ncc(C(F)(F)F)cc2Cl)nc1C(C)C. The highest BCUT2D eigenvalue weighted by Gasteiger charge is 2.32. The van der Waals surface area contributed by atoms with E-state index < -0.39 is 11.7 Å². The molecule has 6 nitrogen and oxygen atoms in total. The second-order valence-corrected chi connectivity index (χ2v) is 9.04. The molecule has 0 spiro atoms. The van der Waals surface area contributed by atoms with Crippen LogP contribution in [0, 0.1) is 0 Å². The summed E-state index contributed by atoms with van der Waals surface area (Å²) < 4.78 is 51.2. The smallest absolute Gasteiger partial charge is 0.417 e. The molecule has 0 bridgehead atoms. The van der Waals surface area contributed by atoms with Crippen LogP contribution in [-0.2, 0) is 35.0 Å². The minimum Gasteiger partial charge on any atom is -0.493 e. The number of pyridine rings is 1. The van der Waals surface area contributed by atoms with Crippen LogP contribution in [0.15, 0.2) is 36.7 Å². The van der Waals surface area contributed by atoms with Crippen LogP contribution in [0.4, 0.5) is 13.2 Å². The summed E-state index contributed by atoms with van der Waals surface area (Å²) in [6.07, 6.45) is 0.157. The van der Waals surface area contributed by atoms with Crippen LogP contribution >= 0.6 is 11.6 Å². The highest BCUT2D eigenvalue weighted by molar-refractivity contribution is 6.32. The summed E-state index contributed by atoms with van der Waals surface area (Å²) in [7, 11) is 1.35. The van der Waals surface area contributed by atoms with Gasteiger partial charge in [0.1, 0.15) is 5.75 Å². The minimum atomic E-state index is -4.53. The van der Waals surface area contributed by atoms with Gasteiger partial charge in [0.15, 0.2) is 5.82 Å². The van der Waals surface area contributed by atoms with Crippen molar-refractivity contribution < 1.29 is 27.4 Å². The van der Waals surface area contributed by atoms with Crippen molar-refractivity contribution in [1.82, 2.24) is 14.8 Å². The number of carbonyl (C=O) groups excluding carboxylic acids is 1. The average Bonchev–Trinajstić information content (AvgIpc) is 3.25. The lowest BCUT2D eigenvalue weighted by atomic mass is 10.0. The van der Waals surface area contributed by atoms with Gasteiger partial charge in [-0.15, -0.1) is 0 Å². The summed E-state index contributed by atoms with van der Waals surface area (Å²) >= 11 is 6.12. The Balaban J connectivity index is 1.75. The molecule has 0 saturated carbocycles. The fraction of sp³-hybridized carbons (Fsp3) is 0.423. The maximum Gasteiger partial charge on any atom is 0.417 e. The van der Waals surface area contributed by atoms with Gasteiger partial charge in [-0.05, 0) is 42.4 Å². The number of nitrogens with zero attached hydrogens (tertiary/aromatic N) is 3. The number of methoxy groups -OCH3 is 1. The van der Waals surface area contributed by atoms with E-state index in [-0.39, 0.29) is 29.1 Å². The third-order valence-corrected chi connectivity index (χ3v) is 5.97. The number of halogens is 4. The maximum absolute atomic E-state index is 13.0. The molecule has 2 heterocycles. The monoisotopic (exact) mass is 523 g/mol. The van der Waals surface area contributed by atoms with E-state index in [0.29, 0.717) is 25.2 Å². The molecule has 194 valence electrons. The first-order chi connectivity index (χ1) is 17.0. The Morgan fingerprint density at radius 2 is 1.92 bits per heavy atom. The Kier molecular flexibility index (Phi) is 9.00. The molecule has 0 N–H and O–H groups in total. The highest BCUT2D eigenvalue weighted by Crippen LogP contribution is 2.32. The summed E-state index contributed by atoms with van der Waals surface area (Å²) in [5, 5.41) is 4.42. The predicted octanol–water partition coefficient (Wildman–Crippen LogP) is 6.35. The molecule has 0 saturated heterocycles. The number of hydrogen-bond acceptors (Lipinski definition) is 5. The van der Waals surface area contributed by atoms with E-state index in [2.05, 4.69) is 10.1 Å². The first kappa shape index (κ1) is 27.5. The van der Waals surface area contributed by atoms with Crippen LogP contribution in [0.3, 0.4) is 0 Å². The van der Waals surface area contributed by atoms with E-state index in [1.165, 1.54) is 11.8 Å². The number of rotatable bonds is 10. The van der Waals surface area contributed by atoms with E-state index in [0.717, 1.165) is 41.1 Å². The number of aromatic nitrogens is 3. The van der Waals surface area contributed by atoms with Crippen LogP contribution in [0.5, 0.6) is 5.75 Å². The molecule has 0 unspecified atom stereocenters. The van der Waals surface area contributed by atoms with Gasteiger partial charge in [-0.3, -0.25) is 4.79 Å². The van der Waals surface area contributed by atoms with Gasteiger partial charge >= 0.3 is 12.1 Å². The molecule has 0 fully saturated rings. The molecule has 0 aliphatic carbocycles. The van der Waals surface area contributed by atoms with Gasteiger partial charge in [-0.2, -0.15) is 18.3 Å². The number of aryl methyl sites for hydroxylation is 2. The summed E-state index contributed by atoms with van der Waals surface area (Å²) in [5.41, 5.74) is 2.62. The predicted molar refractivity (Wildman–Crippen MR) is 131 cm³/mol. The van der Waals surface area contributed by atoms with Crippen molar-refractivity contribution in [2.24, 2.45) is 0 Å². The van der Waals surface area contributed by atoms with E-state index in [1.807, 2.05) is 39.0 Å². The average molecular weight is 524 g/mol. The topological polar surface area (TPSA) is 66.2 Å². The van der Waals surface area contributed by atoms with Crippen LogP contribution < -0.4 is 4.74 Å². The van der Waals surface area contributed by atoms with Gasteiger partial charge in [0.25, 0.3) is 0 Å². The fourth-order valence-electron chi connectivity index (χ4n) is 3.87. The number of carbonyl (C=O) groups is 1. The summed E-state index contributed by atoms with van der Waals surface area (Å²) in [6.45, 7) is 6.41. The zero-order valence-corrected chi connectivity index (χ0v) is 21.4. The molecule has 0 aliphatic heterocycles. The molecule has 3 aromatic rings. The quantitative estimate of drug-likeness (QED) is 0.229. The zero-order chi connectivity index (χ0) is 26.5. The lowest BCUT2D eigenvalue weighted by molar-refractivity contribution is -0.140. The number of ether oxygens (including phenoxy) is 2. The Morgan fingerprint density at radius 1 is 1.19 bits per heavy atom. The minimum absolute atomic E-state index is 0.0860. The molecule has 0 atom stereocenters. The van der Waals surface area contributed by atoms with Crippen LogP contribution in [-0.4, -0.2) is 34.5 Å². The molecule has 10 heteroatoms. The Bertz CT molecular complexity index is 1210. The zero-order valence-electron chi connectivity index (χ0n) is 20.7. The first-order valence-electron chi connectivity index (χ1n) is 11.7.